The molecule has 58 valence electrons. The minimum Gasteiger partial charge on any atom is -0.423 e. The maximum atomic E-state index is 12.4. The van der Waals surface area contributed by atoms with Crippen molar-refractivity contribution in [2.45, 2.75) is 4.90 Å². The van der Waals surface area contributed by atoms with E-state index < -0.39 is 12.9 Å². The average Bonchev–Trinajstić information content (AvgIpc) is 1.85. The standard InChI is InChI=1S/C6H6BFO2S/c8-4-1-2-5(7(9)10)6(11)3-4/h1-3,9-11H. The van der Waals surface area contributed by atoms with Crippen molar-refractivity contribution in [2.75, 3.05) is 0 Å². The third-order valence-corrected chi connectivity index (χ3v) is 1.66. The molecule has 0 aromatic heterocycles. The van der Waals surface area contributed by atoms with Gasteiger partial charge < -0.3 is 10.0 Å². The molecule has 0 radical (unpaired) electrons. The van der Waals surface area contributed by atoms with E-state index in [0.717, 1.165) is 12.1 Å². The highest BCUT2D eigenvalue weighted by molar-refractivity contribution is 7.80. The summed E-state index contributed by atoms with van der Waals surface area (Å²) in [5.74, 6) is -0.445. The Labute approximate surface area is 69.2 Å². The van der Waals surface area contributed by atoms with Crippen LogP contribution >= 0.6 is 12.6 Å². The lowest BCUT2D eigenvalue weighted by molar-refractivity contribution is 0.425. The Hall–Kier alpha value is -0.515. The lowest BCUT2D eigenvalue weighted by Crippen LogP contribution is -2.31. The lowest BCUT2D eigenvalue weighted by Gasteiger charge is -2.01. The third kappa shape index (κ3) is 1.96. The number of thiol groups is 1. The zero-order valence-corrected chi connectivity index (χ0v) is 6.42. The van der Waals surface area contributed by atoms with E-state index in [1.165, 1.54) is 6.07 Å². The van der Waals surface area contributed by atoms with Crippen LogP contribution in [0.5, 0.6) is 0 Å². The smallest absolute Gasteiger partial charge is 0.423 e. The Morgan fingerprint density at radius 3 is 2.45 bits per heavy atom. The fraction of sp³-hybridized carbons (Fsp3) is 0. The average molecular weight is 172 g/mol. The van der Waals surface area contributed by atoms with Crippen LogP contribution in [0.15, 0.2) is 23.1 Å². The number of hydrogen-bond donors (Lipinski definition) is 3. The molecular formula is C6H6BFO2S. The Kier molecular flexibility index (Phi) is 2.54. The molecule has 0 saturated carbocycles. The van der Waals surface area contributed by atoms with Gasteiger partial charge in [0.25, 0.3) is 0 Å². The van der Waals surface area contributed by atoms with Gasteiger partial charge in [-0.2, -0.15) is 0 Å². The van der Waals surface area contributed by atoms with Gasteiger partial charge in [-0.25, -0.2) is 4.39 Å². The van der Waals surface area contributed by atoms with Crippen molar-refractivity contribution >= 4 is 25.2 Å². The first kappa shape index (κ1) is 8.58. The largest absolute Gasteiger partial charge is 0.489 e. The summed E-state index contributed by atoms with van der Waals surface area (Å²) in [6.45, 7) is 0. The lowest BCUT2D eigenvalue weighted by atomic mass is 9.80. The normalized spacial score (nSPS) is 9.82. The second-order valence-electron chi connectivity index (χ2n) is 2.08. The molecule has 0 bridgehead atoms. The van der Waals surface area contributed by atoms with Crippen LogP contribution in [0.2, 0.25) is 0 Å². The van der Waals surface area contributed by atoms with E-state index in [1.54, 1.807) is 0 Å². The van der Waals surface area contributed by atoms with Crippen molar-refractivity contribution in [1.29, 1.82) is 0 Å². The quantitative estimate of drug-likeness (QED) is 0.405. The van der Waals surface area contributed by atoms with Crippen LogP contribution in [0, 0.1) is 5.82 Å². The minimum absolute atomic E-state index is 0.203. The van der Waals surface area contributed by atoms with Crippen molar-refractivity contribution in [2.24, 2.45) is 0 Å². The van der Waals surface area contributed by atoms with Gasteiger partial charge in [0, 0.05) is 4.90 Å². The molecule has 0 aliphatic heterocycles. The molecule has 0 heterocycles. The van der Waals surface area contributed by atoms with E-state index in [2.05, 4.69) is 12.6 Å². The zero-order valence-electron chi connectivity index (χ0n) is 5.53. The van der Waals surface area contributed by atoms with Gasteiger partial charge >= 0.3 is 7.12 Å². The summed E-state index contributed by atoms with van der Waals surface area (Å²) >= 11 is 3.85. The Morgan fingerprint density at radius 1 is 1.36 bits per heavy atom. The highest BCUT2D eigenvalue weighted by Crippen LogP contribution is 2.05. The maximum absolute atomic E-state index is 12.4. The van der Waals surface area contributed by atoms with Crippen molar-refractivity contribution in [3.8, 4) is 0 Å². The molecule has 5 heteroatoms. The molecule has 0 saturated heterocycles. The third-order valence-electron chi connectivity index (χ3n) is 1.27. The molecular weight excluding hydrogens is 166 g/mol. The summed E-state index contributed by atoms with van der Waals surface area (Å²) in [5.41, 5.74) is 0.203. The summed E-state index contributed by atoms with van der Waals surface area (Å²) < 4.78 is 12.4. The van der Waals surface area contributed by atoms with E-state index in [-0.39, 0.29) is 10.4 Å². The van der Waals surface area contributed by atoms with E-state index in [9.17, 15) is 4.39 Å². The summed E-state index contributed by atoms with van der Waals surface area (Å²) in [4.78, 5) is 0.236. The molecule has 0 amide bonds. The number of hydrogen-bond acceptors (Lipinski definition) is 3. The van der Waals surface area contributed by atoms with E-state index in [0.29, 0.717) is 0 Å². The molecule has 0 unspecified atom stereocenters. The van der Waals surface area contributed by atoms with Gasteiger partial charge in [-0.1, -0.05) is 6.07 Å². The number of benzene rings is 1. The van der Waals surface area contributed by atoms with Crippen LogP contribution in [-0.4, -0.2) is 17.2 Å². The molecule has 1 aromatic rings. The monoisotopic (exact) mass is 172 g/mol. The van der Waals surface area contributed by atoms with Crippen molar-refractivity contribution in [3.05, 3.63) is 24.0 Å². The van der Waals surface area contributed by atoms with E-state index in [4.69, 9.17) is 10.0 Å². The number of rotatable bonds is 1. The second-order valence-corrected chi connectivity index (χ2v) is 2.56. The molecule has 0 aliphatic carbocycles. The maximum Gasteiger partial charge on any atom is 0.489 e. The number of halogens is 1. The Balaban J connectivity index is 3.09. The molecule has 0 atom stereocenters. The summed E-state index contributed by atoms with van der Waals surface area (Å²) in [6.07, 6.45) is 0. The molecule has 0 fully saturated rings. The highest BCUT2D eigenvalue weighted by atomic mass is 32.1. The predicted molar refractivity (Wildman–Crippen MR) is 43.5 cm³/mol. The van der Waals surface area contributed by atoms with Crippen LogP contribution in [0.25, 0.3) is 0 Å². The summed E-state index contributed by atoms with van der Waals surface area (Å²) in [7, 11) is -1.59. The van der Waals surface area contributed by atoms with Crippen molar-refractivity contribution < 1.29 is 14.4 Å². The van der Waals surface area contributed by atoms with Crippen LogP contribution in [-0.2, 0) is 0 Å². The van der Waals surface area contributed by atoms with Gasteiger partial charge in [0.05, 0.1) is 0 Å². The van der Waals surface area contributed by atoms with Crippen LogP contribution in [0.4, 0.5) is 4.39 Å². The molecule has 2 nitrogen and oxygen atoms in total. The molecule has 0 spiro atoms. The predicted octanol–water partition coefficient (Wildman–Crippen LogP) is -0.206. The first-order valence-corrected chi connectivity index (χ1v) is 3.40. The zero-order chi connectivity index (χ0) is 8.43. The Bertz CT molecular complexity index is 267. The van der Waals surface area contributed by atoms with E-state index >= 15 is 0 Å². The Morgan fingerprint density at radius 2 is 2.00 bits per heavy atom. The van der Waals surface area contributed by atoms with Gasteiger partial charge in [-0.3, -0.25) is 0 Å². The molecule has 0 aliphatic rings. The van der Waals surface area contributed by atoms with Crippen LogP contribution < -0.4 is 5.46 Å². The van der Waals surface area contributed by atoms with Gasteiger partial charge in [0.2, 0.25) is 0 Å². The summed E-state index contributed by atoms with van der Waals surface area (Å²) in [6, 6.07) is 3.55. The molecule has 1 aromatic carbocycles. The highest BCUT2D eigenvalue weighted by Gasteiger charge is 2.13. The topological polar surface area (TPSA) is 40.5 Å². The molecule has 2 N–H and O–H groups in total. The molecule has 1 rings (SSSR count). The van der Waals surface area contributed by atoms with Gasteiger partial charge in [-0.05, 0) is 17.6 Å². The molecule has 11 heavy (non-hydrogen) atoms. The fourth-order valence-electron chi connectivity index (χ4n) is 0.735. The minimum atomic E-state index is -1.59. The van der Waals surface area contributed by atoms with Gasteiger partial charge in [0.1, 0.15) is 5.82 Å². The second kappa shape index (κ2) is 3.25. The SMILES string of the molecule is OB(O)c1ccc(F)cc1S. The van der Waals surface area contributed by atoms with Crippen molar-refractivity contribution in [1.82, 2.24) is 0 Å². The van der Waals surface area contributed by atoms with Gasteiger partial charge in [-0.15, -0.1) is 12.6 Å². The van der Waals surface area contributed by atoms with Gasteiger partial charge in [0.15, 0.2) is 0 Å². The first-order valence-electron chi connectivity index (χ1n) is 2.96. The summed E-state index contributed by atoms with van der Waals surface area (Å²) in [5, 5.41) is 17.4. The first-order chi connectivity index (χ1) is 5.11. The van der Waals surface area contributed by atoms with Crippen molar-refractivity contribution in [3.63, 3.8) is 0 Å². The fourth-order valence-corrected chi connectivity index (χ4v) is 1.05. The van der Waals surface area contributed by atoms with Crippen LogP contribution in [0.3, 0.4) is 0 Å². The van der Waals surface area contributed by atoms with Crippen LogP contribution in [0.1, 0.15) is 0 Å². The van der Waals surface area contributed by atoms with E-state index in [1.807, 2.05) is 0 Å².